The summed E-state index contributed by atoms with van der Waals surface area (Å²) in [6, 6.07) is 10.4. The van der Waals surface area contributed by atoms with Gasteiger partial charge in [-0.15, -0.1) is 6.42 Å². The zero-order chi connectivity index (χ0) is 17.4. The van der Waals surface area contributed by atoms with Crippen molar-refractivity contribution in [3.63, 3.8) is 0 Å². The molecule has 0 aliphatic carbocycles. The van der Waals surface area contributed by atoms with Gasteiger partial charge in [-0.1, -0.05) is 42.8 Å². The van der Waals surface area contributed by atoms with Crippen LogP contribution in [-0.4, -0.2) is 37.0 Å². The summed E-state index contributed by atoms with van der Waals surface area (Å²) in [6.07, 6.45) is 10.2. The molecule has 1 aromatic carbocycles. The quantitative estimate of drug-likeness (QED) is 0.597. The van der Waals surface area contributed by atoms with Gasteiger partial charge in [0.25, 0.3) is 0 Å². The minimum Gasteiger partial charge on any atom is -0.324 e. The van der Waals surface area contributed by atoms with E-state index in [-0.39, 0.29) is 18.0 Å². The number of nitrogens with one attached hydrogen (secondary N) is 2. The number of terminal acetylenes is 1. The molecule has 2 atom stereocenters. The maximum Gasteiger partial charge on any atom is 0.241 e. The van der Waals surface area contributed by atoms with Crippen molar-refractivity contribution >= 4 is 5.91 Å². The molecular weight excluding hydrogens is 298 g/mol. The van der Waals surface area contributed by atoms with Crippen LogP contribution in [0.1, 0.15) is 24.4 Å². The second-order valence-corrected chi connectivity index (χ2v) is 5.86. The van der Waals surface area contributed by atoms with Crippen LogP contribution in [0.4, 0.5) is 0 Å². The van der Waals surface area contributed by atoms with Crippen LogP contribution in [0.2, 0.25) is 0 Å². The fraction of sp³-hybridized carbons (Fsp3) is 0.350. The van der Waals surface area contributed by atoms with Crippen LogP contribution in [-0.2, 0) is 4.79 Å². The molecular formula is C20H25N3O. The van der Waals surface area contributed by atoms with Crippen molar-refractivity contribution < 1.29 is 4.79 Å². The van der Waals surface area contributed by atoms with E-state index in [2.05, 4.69) is 40.2 Å². The first-order valence-corrected chi connectivity index (χ1v) is 8.25. The molecule has 0 radical (unpaired) electrons. The lowest BCUT2D eigenvalue weighted by atomic mass is 10.1. The largest absolute Gasteiger partial charge is 0.324 e. The van der Waals surface area contributed by atoms with Crippen LogP contribution in [0.15, 0.2) is 54.8 Å². The van der Waals surface area contributed by atoms with E-state index in [0.29, 0.717) is 5.70 Å². The molecule has 0 spiro atoms. The summed E-state index contributed by atoms with van der Waals surface area (Å²) in [4.78, 5) is 14.8. The smallest absolute Gasteiger partial charge is 0.241 e. The molecule has 1 amide bonds. The molecule has 0 unspecified atom stereocenters. The van der Waals surface area contributed by atoms with E-state index in [1.54, 1.807) is 6.08 Å². The maximum atomic E-state index is 12.6. The van der Waals surface area contributed by atoms with E-state index >= 15 is 0 Å². The number of likely N-dealkylation sites (tertiary alicyclic amines) is 1. The van der Waals surface area contributed by atoms with Crippen LogP contribution in [0, 0.1) is 12.3 Å². The SMILES string of the molecule is C#C/C=C(\C=C)NC(=O)[C@@H]1CCCN1C[C@H](NC)c1ccccc1. The maximum absolute atomic E-state index is 12.6. The topological polar surface area (TPSA) is 44.4 Å². The lowest BCUT2D eigenvalue weighted by molar-refractivity contribution is -0.124. The number of carbonyl (C=O) groups excluding carboxylic acids is 1. The second kappa shape index (κ2) is 9.07. The average Bonchev–Trinajstić information content (AvgIpc) is 3.08. The summed E-state index contributed by atoms with van der Waals surface area (Å²) >= 11 is 0. The summed E-state index contributed by atoms with van der Waals surface area (Å²) in [6.45, 7) is 5.39. The number of carbonyl (C=O) groups is 1. The van der Waals surface area contributed by atoms with E-state index in [0.717, 1.165) is 25.9 Å². The average molecular weight is 323 g/mol. The van der Waals surface area contributed by atoms with E-state index in [9.17, 15) is 4.79 Å². The Morgan fingerprint density at radius 2 is 2.25 bits per heavy atom. The molecule has 4 nitrogen and oxygen atoms in total. The molecule has 1 aliphatic heterocycles. The Morgan fingerprint density at radius 3 is 2.88 bits per heavy atom. The van der Waals surface area contributed by atoms with Crippen molar-refractivity contribution in [2.24, 2.45) is 0 Å². The number of likely N-dealkylation sites (N-methyl/N-ethyl adjacent to an activating group) is 1. The van der Waals surface area contributed by atoms with Crippen LogP contribution >= 0.6 is 0 Å². The van der Waals surface area contributed by atoms with Crippen molar-refractivity contribution in [3.8, 4) is 12.3 Å². The molecule has 1 saturated heterocycles. The third-order valence-electron chi connectivity index (χ3n) is 4.36. The van der Waals surface area contributed by atoms with E-state index in [1.807, 2.05) is 25.2 Å². The van der Waals surface area contributed by atoms with E-state index in [4.69, 9.17) is 6.42 Å². The molecule has 1 aliphatic rings. The third kappa shape index (κ3) is 4.58. The minimum atomic E-state index is -0.134. The number of nitrogens with zero attached hydrogens (tertiary/aromatic N) is 1. The van der Waals surface area contributed by atoms with Gasteiger partial charge in [0.05, 0.1) is 6.04 Å². The Morgan fingerprint density at radius 1 is 1.50 bits per heavy atom. The van der Waals surface area contributed by atoms with Gasteiger partial charge < -0.3 is 10.6 Å². The van der Waals surface area contributed by atoms with Gasteiger partial charge in [0.2, 0.25) is 5.91 Å². The minimum absolute atomic E-state index is 0.0168. The fourth-order valence-electron chi connectivity index (χ4n) is 3.09. The monoisotopic (exact) mass is 323 g/mol. The first-order chi connectivity index (χ1) is 11.7. The van der Waals surface area contributed by atoms with Crippen LogP contribution in [0.3, 0.4) is 0 Å². The van der Waals surface area contributed by atoms with Gasteiger partial charge in [-0.2, -0.15) is 0 Å². The molecule has 2 N–H and O–H groups in total. The van der Waals surface area contributed by atoms with Crippen molar-refractivity contribution in [2.45, 2.75) is 24.9 Å². The summed E-state index contributed by atoms with van der Waals surface area (Å²) in [5.41, 5.74) is 1.80. The molecule has 1 heterocycles. The molecule has 0 saturated carbocycles. The fourth-order valence-corrected chi connectivity index (χ4v) is 3.09. The lowest BCUT2D eigenvalue weighted by Gasteiger charge is -2.28. The highest BCUT2D eigenvalue weighted by atomic mass is 16.2. The number of hydrogen-bond acceptors (Lipinski definition) is 3. The summed E-state index contributed by atoms with van der Waals surface area (Å²) < 4.78 is 0. The predicted molar refractivity (Wildman–Crippen MR) is 98.1 cm³/mol. The second-order valence-electron chi connectivity index (χ2n) is 5.86. The number of allylic oxidation sites excluding steroid dienone is 2. The van der Waals surface area contributed by atoms with Gasteiger partial charge in [0.15, 0.2) is 0 Å². The van der Waals surface area contributed by atoms with Crippen molar-refractivity contribution in [2.75, 3.05) is 20.1 Å². The molecule has 0 bridgehead atoms. The molecule has 24 heavy (non-hydrogen) atoms. The first-order valence-electron chi connectivity index (χ1n) is 8.25. The molecule has 126 valence electrons. The highest BCUT2D eigenvalue weighted by molar-refractivity contribution is 5.84. The van der Waals surface area contributed by atoms with Crippen LogP contribution < -0.4 is 10.6 Å². The highest BCUT2D eigenvalue weighted by Crippen LogP contribution is 2.22. The molecule has 0 aromatic heterocycles. The molecule has 1 aromatic rings. The van der Waals surface area contributed by atoms with Gasteiger partial charge in [0.1, 0.15) is 0 Å². The Labute approximate surface area is 144 Å². The zero-order valence-electron chi connectivity index (χ0n) is 14.2. The molecule has 1 fully saturated rings. The summed E-state index contributed by atoms with van der Waals surface area (Å²) in [7, 11) is 1.95. The third-order valence-corrected chi connectivity index (χ3v) is 4.36. The van der Waals surface area contributed by atoms with Gasteiger partial charge in [-0.3, -0.25) is 9.69 Å². The number of hydrogen-bond donors (Lipinski definition) is 2. The van der Waals surface area contributed by atoms with Gasteiger partial charge >= 0.3 is 0 Å². The highest BCUT2D eigenvalue weighted by Gasteiger charge is 2.32. The van der Waals surface area contributed by atoms with Gasteiger partial charge in [0, 0.05) is 24.4 Å². The van der Waals surface area contributed by atoms with Crippen molar-refractivity contribution in [3.05, 3.63) is 60.3 Å². The lowest BCUT2D eigenvalue weighted by Crippen LogP contribution is -2.45. The number of amides is 1. The Bertz CT molecular complexity index is 630. The molecule has 2 rings (SSSR count). The Kier molecular flexibility index (Phi) is 6.80. The summed E-state index contributed by atoms with van der Waals surface area (Å²) in [5.74, 6) is 2.40. The van der Waals surface area contributed by atoms with E-state index < -0.39 is 0 Å². The standard InChI is InChI=1S/C20H25N3O/c1-4-10-17(5-2)22-20(24)19-13-9-14-23(19)15-18(21-3)16-11-7-6-8-12-16/h1,5-8,10-12,18-19,21H,2,9,13-15H2,3H3,(H,22,24)/b17-10+/t18-,19-/m0/s1. The zero-order valence-corrected chi connectivity index (χ0v) is 14.2. The van der Waals surface area contributed by atoms with Gasteiger partial charge in [-0.25, -0.2) is 0 Å². The number of rotatable bonds is 7. The molecule has 4 heteroatoms. The normalized spacial score (nSPS) is 19.5. The Balaban J connectivity index is 2.04. The van der Waals surface area contributed by atoms with E-state index in [1.165, 1.54) is 11.6 Å². The predicted octanol–water partition coefficient (Wildman–Crippen LogP) is 2.23. The number of benzene rings is 1. The van der Waals surface area contributed by atoms with Gasteiger partial charge in [-0.05, 0) is 38.1 Å². The summed E-state index contributed by atoms with van der Waals surface area (Å²) in [5, 5.41) is 6.22. The first kappa shape index (κ1) is 18.0. The van der Waals surface area contributed by atoms with Crippen molar-refractivity contribution in [1.29, 1.82) is 0 Å². The van der Waals surface area contributed by atoms with Crippen LogP contribution in [0.5, 0.6) is 0 Å². The van der Waals surface area contributed by atoms with Crippen molar-refractivity contribution in [1.82, 2.24) is 15.5 Å². The Hall–Kier alpha value is -2.35. The van der Waals surface area contributed by atoms with Crippen LogP contribution in [0.25, 0.3) is 0 Å².